The maximum Gasteiger partial charge on any atom is 0.322 e. The van der Waals surface area contributed by atoms with Crippen LogP contribution in [0.25, 0.3) is 0 Å². The summed E-state index contributed by atoms with van der Waals surface area (Å²) in [5.41, 5.74) is 4.34. The summed E-state index contributed by atoms with van der Waals surface area (Å²) < 4.78 is 5.79. The second-order valence-corrected chi connectivity index (χ2v) is 6.95. The predicted octanol–water partition coefficient (Wildman–Crippen LogP) is 3.93. The van der Waals surface area contributed by atoms with Crippen molar-refractivity contribution in [1.82, 2.24) is 9.88 Å². The van der Waals surface area contributed by atoms with Crippen LogP contribution < -0.4 is 5.32 Å². The Morgan fingerprint density at radius 1 is 1.46 bits per heavy atom. The largest absolute Gasteiger partial charge is 0.367 e. The van der Waals surface area contributed by atoms with Gasteiger partial charge in [-0.2, -0.15) is 0 Å². The van der Waals surface area contributed by atoms with Crippen molar-refractivity contribution in [2.24, 2.45) is 0 Å². The van der Waals surface area contributed by atoms with Crippen LogP contribution in [0.1, 0.15) is 34.9 Å². The number of ether oxygens (including phenoxy) is 1. The molecular formula is C18H23N3O2S. The van der Waals surface area contributed by atoms with Gasteiger partial charge in [0.05, 0.1) is 13.2 Å². The summed E-state index contributed by atoms with van der Waals surface area (Å²) in [7, 11) is 0. The molecule has 2 heterocycles. The van der Waals surface area contributed by atoms with Gasteiger partial charge in [-0.3, -0.25) is 0 Å². The summed E-state index contributed by atoms with van der Waals surface area (Å²) in [4.78, 5) is 18.9. The van der Waals surface area contributed by atoms with Gasteiger partial charge in [0.2, 0.25) is 0 Å². The summed E-state index contributed by atoms with van der Waals surface area (Å²) in [6.07, 6.45) is 0.825. The average Bonchev–Trinajstić information content (AvgIpc) is 3.03. The molecule has 2 amide bonds. The van der Waals surface area contributed by atoms with Gasteiger partial charge in [0.1, 0.15) is 11.1 Å². The van der Waals surface area contributed by atoms with Crippen molar-refractivity contribution < 1.29 is 9.53 Å². The van der Waals surface area contributed by atoms with E-state index >= 15 is 0 Å². The lowest BCUT2D eigenvalue weighted by Crippen LogP contribution is -2.44. The van der Waals surface area contributed by atoms with E-state index in [4.69, 9.17) is 4.74 Å². The number of rotatable bonds is 3. The molecule has 1 fully saturated rings. The SMILES string of the molecule is CCc1cc(NC(=O)N2CCOC(c3nc(C)cs3)C2)ccc1C. The van der Waals surface area contributed by atoms with Crippen LogP contribution in [-0.2, 0) is 11.2 Å². The minimum absolute atomic E-state index is 0.0810. The van der Waals surface area contributed by atoms with Gasteiger partial charge in [-0.15, -0.1) is 11.3 Å². The predicted molar refractivity (Wildman–Crippen MR) is 96.7 cm³/mol. The van der Waals surface area contributed by atoms with Crippen LogP contribution in [0.15, 0.2) is 23.6 Å². The Morgan fingerprint density at radius 2 is 2.29 bits per heavy atom. The molecule has 0 saturated carbocycles. The van der Waals surface area contributed by atoms with Gasteiger partial charge in [-0.05, 0) is 43.5 Å². The lowest BCUT2D eigenvalue weighted by Gasteiger charge is -2.32. The number of carbonyl (C=O) groups is 1. The van der Waals surface area contributed by atoms with Crippen molar-refractivity contribution in [3.63, 3.8) is 0 Å². The third-order valence-corrected chi connectivity index (χ3v) is 5.30. The normalized spacial score (nSPS) is 17.8. The molecule has 0 bridgehead atoms. The standard InChI is InChI=1S/C18H23N3O2S/c1-4-14-9-15(6-5-12(14)2)20-18(22)21-7-8-23-16(10-21)17-19-13(3)11-24-17/h5-6,9,11,16H,4,7-8,10H2,1-3H3,(H,20,22). The average molecular weight is 345 g/mol. The number of anilines is 1. The molecule has 6 heteroatoms. The first-order valence-electron chi connectivity index (χ1n) is 8.26. The van der Waals surface area contributed by atoms with Crippen molar-refractivity contribution in [2.45, 2.75) is 33.3 Å². The molecule has 0 spiro atoms. The Hall–Kier alpha value is -1.92. The molecule has 0 aliphatic carbocycles. The Morgan fingerprint density at radius 3 is 3.00 bits per heavy atom. The number of thiazole rings is 1. The smallest absolute Gasteiger partial charge is 0.322 e. The van der Waals surface area contributed by atoms with E-state index in [0.717, 1.165) is 22.8 Å². The quantitative estimate of drug-likeness (QED) is 0.917. The van der Waals surface area contributed by atoms with Crippen molar-refractivity contribution >= 4 is 23.1 Å². The lowest BCUT2D eigenvalue weighted by atomic mass is 10.1. The van der Waals surface area contributed by atoms with Crippen LogP contribution in [0.4, 0.5) is 10.5 Å². The van der Waals surface area contributed by atoms with E-state index in [-0.39, 0.29) is 12.1 Å². The molecule has 128 valence electrons. The zero-order valence-electron chi connectivity index (χ0n) is 14.3. The number of urea groups is 1. The number of nitrogens with zero attached hydrogens (tertiary/aromatic N) is 2. The fourth-order valence-electron chi connectivity index (χ4n) is 2.84. The molecule has 2 aromatic rings. The Labute approximate surface area is 146 Å². The minimum Gasteiger partial charge on any atom is -0.367 e. The third-order valence-electron chi connectivity index (χ3n) is 4.25. The number of aryl methyl sites for hydroxylation is 3. The maximum absolute atomic E-state index is 12.6. The summed E-state index contributed by atoms with van der Waals surface area (Å²) in [5, 5.41) is 5.95. The van der Waals surface area contributed by atoms with Gasteiger partial charge < -0.3 is 15.0 Å². The highest BCUT2D eigenvalue weighted by molar-refractivity contribution is 7.09. The van der Waals surface area contributed by atoms with Gasteiger partial charge in [-0.1, -0.05) is 13.0 Å². The highest BCUT2D eigenvalue weighted by Gasteiger charge is 2.27. The third kappa shape index (κ3) is 3.76. The lowest BCUT2D eigenvalue weighted by molar-refractivity contribution is -0.0136. The van der Waals surface area contributed by atoms with E-state index in [1.807, 2.05) is 18.4 Å². The molecule has 1 aromatic carbocycles. The number of nitrogens with one attached hydrogen (secondary N) is 1. The number of amides is 2. The van der Waals surface area contributed by atoms with E-state index in [0.29, 0.717) is 19.7 Å². The van der Waals surface area contributed by atoms with Crippen molar-refractivity contribution in [3.8, 4) is 0 Å². The van der Waals surface area contributed by atoms with Gasteiger partial charge in [0.15, 0.2) is 0 Å². The summed E-state index contributed by atoms with van der Waals surface area (Å²) in [6.45, 7) is 7.84. The number of aromatic nitrogens is 1. The maximum atomic E-state index is 12.6. The van der Waals surface area contributed by atoms with E-state index in [2.05, 4.69) is 36.3 Å². The van der Waals surface area contributed by atoms with Gasteiger partial charge in [-0.25, -0.2) is 9.78 Å². The van der Waals surface area contributed by atoms with Gasteiger partial charge in [0, 0.05) is 23.3 Å². The highest BCUT2D eigenvalue weighted by Crippen LogP contribution is 2.25. The van der Waals surface area contributed by atoms with Crippen LogP contribution in [0, 0.1) is 13.8 Å². The van der Waals surface area contributed by atoms with Crippen molar-refractivity contribution in [1.29, 1.82) is 0 Å². The molecule has 1 aliphatic rings. The highest BCUT2D eigenvalue weighted by atomic mass is 32.1. The number of morpholine rings is 1. The fourth-order valence-corrected chi connectivity index (χ4v) is 3.67. The first kappa shape index (κ1) is 16.9. The van der Waals surface area contributed by atoms with E-state index in [9.17, 15) is 4.79 Å². The minimum atomic E-state index is -0.132. The zero-order valence-corrected chi connectivity index (χ0v) is 15.2. The number of carbonyl (C=O) groups excluding carboxylic acids is 1. The Kier molecular flexibility index (Phi) is 5.16. The number of hydrogen-bond donors (Lipinski definition) is 1. The molecule has 3 rings (SSSR count). The molecular weight excluding hydrogens is 322 g/mol. The molecule has 1 saturated heterocycles. The van der Waals surface area contributed by atoms with Crippen LogP contribution >= 0.6 is 11.3 Å². The molecule has 1 aliphatic heterocycles. The molecule has 24 heavy (non-hydrogen) atoms. The first-order valence-corrected chi connectivity index (χ1v) is 9.14. The van der Waals surface area contributed by atoms with Crippen LogP contribution in [0.3, 0.4) is 0 Å². The molecule has 1 atom stereocenters. The van der Waals surface area contributed by atoms with Crippen LogP contribution in [0.2, 0.25) is 0 Å². The molecule has 1 aromatic heterocycles. The van der Waals surface area contributed by atoms with E-state index < -0.39 is 0 Å². The monoisotopic (exact) mass is 345 g/mol. The van der Waals surface area contributed by atoms with E-state index in [1.54, 1.807) is 16.2 Å². The molecule has 1 N–H and O–H groups in total. The van der Waals surface area contributed by atoms with Crippen LogP contribution in [-0.4, -0.2) is 35.6 Å². The number of benzene rings is 1. The Balaban J connectivity index is 1.66. The van der Waals surface area contributed by atoms with Gasteiger partial charge >= 0.3 is 6.03 Å². The molecule has 1 unspecified atom stereocenters. The Bertz CT molecular complexity index is 729. The van der Waals surface area contributed by atoms with E-state index in [1.165, 1.54) is 11.1 Å². The van der Waals surface area contributed by atoms with Crippen LogP contribution in [0.5, 0.6) is 0 Å². The zero-order chi connectivity index (χ0) is 17.1. The van der Waals surface area contributed by atoms with Crippen molar-refractivity contribution in [3.05, 3.63) is 45.4 Å². The fraction of sp³-hybridized carbons (Fsp3) is 0.444. The molecule has 0 radical (unpaired) electrons. The second kappa shape index (κ2) is 7.32. The summed E-state index contributed by atoms with van der Waals surface area (Å²) >= 11 is 1.59. The summed E-state index contributed by atoms with van der Waals surface area (Å²) in [5.74, 6) is 0. The topological polar surface area (TPSA) is 54.5 Å². The van der Waals surface area contributed by atoms with Crippen molar-refractivity contribution in [2.75, 3.05) is 25.0 Å². The first-order chi connectivity index (χ1) is 11.6. The van der Waals surface area contributed by atoms with Gasteiger partial charge in [0.25, 0.3) is 0 Å². The molecule has 5 nitrogen and oxygen atoms in total. The summed E-state index contributed by atoms with van der Waals surface area (Å²) in [6, 6.07) is 5.97. The number of hydrogen-bond acceptors (Lipinski definition) is 4. The second-order valence-electron chi connectivity index (χ2n) is 6.06.